The van der Waals surface area contributed by atoms with Gasteiger partial charge in [-0.15, -0.1) is 11.3 Å². The highest BCUT2D eigenvalue weighted by molar-refractivity contribution is 7.91. The van der Waals surface area contributed by atoms with Gasteiger partial charge in [0.05, 0.1) is 12.1 Å². The molecule has 0 unspecified atom stereocenters. The average molecular weight is 346 g/mol. The number of sulfonamides is 1. The predicted molar refractivity (Wildman–Crippen MR) is 78.1 cm³/mol. The lowest BCUT2D eigenvalue weighted by atomic mass is 10.2. The Bertz CT molecular complexity index is 803. The van der Waals surface area contributed by atoms with E-state index in [4.69, 9.17) is 0 Å². The van der Waals surface area contributed by atoms with E-state index in [9.17, 15) is 22.0 Å². The number of halogens is 2. The third-order valence-corrected chi connectivity index (χ3v) is 5.76. The Kier molecular flexibility index (Phi) is 4.89. The summed E-state index contributed by atoms with van der Waals surface area (Å²) >= 11 is 0.989. The molecule has 0 fully saturated rings. The number of thiophene rings is 1. The fourth-order valence-corrected chi connectivity index (χ4v) is 3.77. The van der Waals surface area contributed by atoms with Gasteiger partial charge in [-0.05, 0) is 31.3 Å². The summed E-state index contributed by atoms with van der Waals surface area (Å²) < 4.78 is 51.7. The zero-order chi connectivity index (χ0) is 16.3. The van der Waals surface area contributed by atoms with Crippen LogP contribution < -0.4 is 10.0 Å². The van der Waals surface area contributed by atoms with E-state index in [2.05, 4.69) is 10.0 Å². The van der Waals surface area contributed by atoms with E-state index < -0.39 is 27.6 Å². The molecule has 1 aromatic carbocycles. The largest absolute Gasteiger partial charge is 0.347 e. The Labute approximate surface area is 130 Å². The first-order chi connectivity index (χ1) is 10.3. The molecule has 0 saturated heterocycles. The quantitative estimate of drug-likeness (QED) is 0.868. The molecule has 0 radical (unpaired) electrons. The van der Waals surface area contributed by atoms with Crippen molar-refractivity contribution in [2.24, 2.45) is 0 Å². The molecule has 5 nitrogen and oxygen atoms in total. The van der Waals surface area contributed by atoms with E-state index in [1.807, 2.05) is 0 Å². The standard InChI is InChI=1S/C13H12F2N2O3S2/c1-16-22(19,20)12-5-3-9(21-12)7-17-13(18)10-4-2-8(14)6-11(10)15/h2-6,16H,7H2,1H3,(H,17,18). The number of hydrogen-bond donors (Lipinski definition) is 2. The molecular weight excluding hydrogens is 334 g/mol. The number of carbonyl (C=O) groups excluding carboxylic acids is 1. The number of nitrogens with one attached hydrogen (secondary N) is 2. The Morgan fingerprint density at radius 1 is 1.23 bits per heavy atom. The van der Waals surface area contributed by atoms with Crippen LogP contribution in [0.1, 0.15) is 15.2 Å². The normalized spacial score (nSPS) is 11.4. The summed E-state index contributed by atoms with van der Waals surface area (Å²) in [6, 6.07) is 5.62. The minimum absolute atomic E-state index is 0.0412. The van der Waals surface area contributed by atoms with Gasteiger partial charge in [0.2, 0.25) is 10.0 Å². The minimum atomic E-state index is -3.53. The molecule has 1 heterocycles. The highest BCUT2D eigenvalue weighted by atomic mass is 32.2. The van der Waals surface area contributed by atoms with Crippen LogP contribution in [-0.2, 0) is 16.6 Å². The Balaban J connectivity index is 2.06. The summed E-state index contributed by atoms with van der Waals surface area (Å²) in [5, 5.41) is 2.45. The predicted octanol–water partition coefficient (Wildman–Crippen LogP) is 1.86. The van der Waals surface area contributed by atoms with Crippen molar-refractivity contribution in [3.8, 4) is 0 Å². The van der Waals surface area contributed by atoms with Gasteiger partial charge in [-0.2, -0.15) is 0 Å². The lowest BCUT2D eigenvalue weighted by molar-refractivity contribution is 0.0947. The monoisotopic (exact) mass is 346 g/mol. The first-order valence-electron chi connectivity index (χ1n) is 6.09. The summed E-state index contributed by atoms with van der Waals surface area (Å²) in [5.74, 6) is -2.43. The summed E-state index contributed by atoms with van der Waals surface area (Å²) in [4.78, 5) is 12.4. The van der Waals surface area contributed by atoms with Gasteiger partial charge in [0.25, 0.3) is 5.91 Å². The van der Waals surface area contributed by atoms with Crippen LogP contribution in [0.3, 0.4) is 0 Å². The zero-order valence-corrected chi connectivity index (χ0v) is 13.0. The lowest BCUT2D eigenvalue weighted by Crippen LogP contribution is -2.23. The summed E-state index contributed by atoms with van der Waals surface area (Å²) in [5.41, 5.74) is -0.277. The number of rotatable bonds is 5. The van der Waals surface area contributed by atoms with Crippen molar-refractivity contribution < 1.29 is 22.0 Å². The van der Waals surface area contributed by atoms with Crippen molar-refractivity contribution in [1.82, 2.24) is 10.0 Å². The van der Waals surface area contributed by atoms with Gasteiger partial charge < -0.3 is 5.32 Å². The molecule has 0 atom stereocenters. The number of carbonyl (C=O) groups is 1. The highest BCUT2D eigenvalue weighted by Crippen LogP contribution is 2.21. The summed E-state index contributed by atoms with van der Waals surface area (Å²) in [6.07, 6.45) is 0. The van der Waals surface area contributed by atoms with Crippen LogP contribution in [0, 0.1) is 11.6 Å². The maximum absolute atomic E-state index is 13.4. The maximum Gasteiger partial charge on any atom is 0.254 e. The molecular formula is C13H12F2N2O3S2. The number of amides is 1. The molecule has 2 rings (SSSR count). The number of benzene rings is 1. The van der Waals surface area contributed by atoms with E-state index in [1.165, 1.54) is 13.1 Å². The van der Waals surface area contributed by atoms with Crippen molar-refractivity contribution in [1.29, 1.82) is 0 Å². The van der Waals surface area contributed by atoms with E-state index in [-0.39, 0.29) is 16.3 Å². The Morgan fingerprint density at radius 2 is 1.95 bits per heavy atom. The molecule has 1 aromatic heterocycles. The third kappa shape index (κ3) is 3.67. The molecule has 2 N–H and O–H groups in total. The van der Waals surface area contributed by atoms with Crippen molar-refractivity contribution >= 4 is 27.3 Å². The molecule has 0 aliphatic carbocycles. The van der Waals surface area contributed by atoms with E-state index in [1.54, 1.807) is 6.07 Å². The van der Waals surface area contributed by atoms with Gasteiger partial charge in [0.1, 0.15) is 15.8 Å². The second-order valence-corrected chi connectivity index (χ2v) is 7.52. The topological polar surface area (TPSA) is 75.3 Å². The maximum atomic E-state index is 13.4. The zero-order valence-electron chi connectivity index (χ0n) is 11.4. The lowest BCUT2D eigenvalue weighted by Gasteiger charge is -2.05. The fraction of sp³-hybridized carbons (Fsp3) is 0.154. The van der Waals surface area contributed by atoms with E-state index in [0.29, 0.717) is 10.9 Å². The Morgan fingerprint density at radius 3 is 2.59 bits per heavy atom. The first kappa shape index (κ1) is 16.5. The van der Waals surface area contributed by atoms with Crippen LogP contribution in [0.5, 0.6) is 0 Å². The molecule has 0 bridgehead atoms. The fourth-order valence-electron chi connectivity index (χ4n) is 1.63. The molecule has 22 heavy (non-hydrogen) atoms. The van der Waals surface area contributed by atoms with Gasteiger partial charge in [-0.25, -0.2) is 21.9 Å². The van der Waals surface area contributed by atoms with E-state index in [0.717, 1.165) is 23.5 Å². The smallest absolute Gasteiger partial charge is 0.254 e. The van der Waals surface area contributed by atoms with Crippen LogP contribution in [0.15, 0.2) is 34.5 Å². The summed E-state index contributed by atoms with van der Waals surface area (Å²) in [6.45, 7) is 0.0412. The van der Waals surface area contributed by atoms with Crippen molar-refractivity contribution in [3.05, 3.63) is 52.4 Å². The molecule has 0 aliphatic heterocycles. The van der Waals surface area contributed by atoms with Gasteiger partial charge in [-0.3, -0.25) is 4.79 Å². The van der Waals surface area contributed by atoms with Crippen molar-refractivity contribution in [2.75, 3.05) is 7.05 Å². The molecule has 118 valence electrons. The molecule has 2 aromatic rings. The Hall–Kier alpha value is -1.84. The number of hydrogen-bond acceptors (Lipinski definition) is 4. The van der Waals surface area contributed by atoms with Crippen LogP contribution in [0.25, 0.3) is 0 Å². The summed E-state index contributed by atoms with van der Waals surface area (Å²) in [7, 11) is -2.23. The second-order valence-electron chi connectivity index (χ2n) is 4.24. The first-order valence-corrected chi connectivity index (χ1v) is 8.39. The SMILES string of the molecule is CNS(=O)(=O)c1ccc(CNC(=O)c2ccc(F)cc2F)s1. The van der Waals surface area contributed by atoms with Crippen LogP contribution >= 0.6 is 11.3 Å². The van der Waals surface area contributed by atoms with Crippen LogP contribution in [-0.4, -0.2) is 21.4 Å². The van der Waals surface area contributed by atoms with Crippen molar-refractivity contribution in [2.45, 2.75) is 10.8 Å². The molecule has 9 heteroatoms. The van der Waals surface area contributed by atoms with Gasteiger partial charge in [0.15, 0.2) is 0 Å². The average Bonchev–Trinajstić information content (AvgIpc) is 2.94. The van der Waals surface area contributed by atoms with Crippen LogP contribution in [0.4, 0.5) is 8.78 Å². The minimum Gasteiger partial charge on any atom is -0.347 e. The van der Waals surface area contributed by atoms with Crippen molar-refractivity contribution in [3.63, 3.8) is 0 Å². The van der Waals surface area contributed by atoms with E-state index >= 15 is 0 Å². The molecule has 1 amide bonds. The molecule has 0 spiro atoms. The molecule has 0 saturated carbocycles. The molecule has 0 aliphatic rings. The highest BCUT2D eigenvalue weighted by Gasteiger charge is 2.16. The van der Waals surface area contributed by atoms with Crippen LogP contribution in [0.2, 0.25) is 0 Å². The van der Waals surface area contributed by atoms with Gasteiger partial charge in [0, 0.05) is 10.9 Å². The van der Waals surface area contributed by atoms with Gasteiger partial charge in [-0.1, -0.05) is 0 Å². The third-order valence-electron chi connectivity index (χ3n) is 2.77. The van der Waals surface area contributed by atoms with Gasteiger partial charge >= 0.3 is 0 Å². The second kappa shape index (κ2) is 6.51.